The van der Waals surface area contributed by atoms with Crippen LogP contribution in [0.5, 0.6) is 34.5 Å². The van der Waals surface area contributed by atoms with Crippen molar-refractivity contribution in [3.8, 4) is 34.5 Å². The van der Waals surface area contributed by atoms with E-state index < -0.39 is 58.8 Å². The molecule has 0 saturated heterocycles. The number of hydrogen-bond acceptors (Lipinski definition) is 21. The summed E-state index contributed by atoms with van der Waals surface area (Å²) in [6.07, 6.45) is 17.5. The van der Waals surface area contributed by atoms with Gasteiger partial charge in [0.1, 0.15) is 64.5 Å². The number of halogens is 3. The van der Waals surface area contributed by atoms with E-state index in [4.69, 9.17) is 90.7 Å². The summed E-state index contributed by atoms with van der Waals surface area (Å²) in [5.74, 6) is -1.21. The molecule has 9 aromatic rings. The second-order valence-corrected chi connectivity index (χ2v) is 26.4. The molecule has 554 valence electrons. The second-order valence-electron chi connectivity index (χ2n) is 25.2. The maximum Gasteiger partial charge on any atom is 0.345 e. The lowest BCUT2D eigenvalue weighted by Crippen LogP contribution is -2.30. The largest absolute Gasteiger partial charge is 0.494 e. The Morgan fingerprint density at radius 3 is 0.876 bits per heavy atom. The van der Waals surface area contributed by atoms with Crippen molar-refractivity contribution in [3.63, 3.8) is 0 Å². The highest BCUT2D eigenvalue weighted by Gasteiger charge is 2.22. The molecular weight excluding hydrogens is 1420 g/mol. The number of ether oxygens (including phenoxy) is 9. The van der Waals surface area contributed by atoms with Gasteiger partial charge in [-0.15, -0.1) is 0 Å². The highest BCUT2D eigenvalue weighted by molar-refractivity contribution is 6.34. The Labute approximate surface area is 621 Å². The third kappa shape index (κ3) is 26.9. The number of esters is 6. The van der Waals surface area contributed by atoms with Crippen molar-refractivity contribution in [3.05, 3.63) is 209 Å². The van der Waals surface area contributed by atoms with Crippen LogP contribution in [0.4, 0.5) is 0 Å². The average molecular weight is 1500 g/mol. The monoisotopic (exact) mass is 1500 g/mol. The van der Waals surface area contributed by atoms with Crippen LogP contribution in [-0.2, 0) is 28.6 Å². The number of rotatable bonds is 44. The van der Waals surface area contributed by atoms with Gasteiger partial charge in [-0.1, -0.05) is 131 Å². The summed E-state index contributed by atoms with van der Waals surface area (Å²) < 4.78 is 66.5. The van der Waals surface area contributed by atoms with Gasteiger partial charge in [-0.05, 0) is 148 Å². The number of carbonyl (C=O) groups excluding carboxylic acids is 6. The minimum absolute atomic E-state index is 0.151. The van der Waals surface area contributed by atoms with Gasteiger partial charge in [-0.25, -0.2) is 28.8 Å². The number of fused-ring (bicyclic) bond motifs is 3. The molecule has 0 atom stereocenters. The molecule has 0 N–H and O–H groups in total. The Kier molecular flexibility index (Phi) is 31.7. The summed E-state index contributed by atoms with van der Waals surface area (Å²) in [4.78, 5) is 113. The molecule has 24 heteroatoms. The molecule has 21 nitrogen and oxygen atoms in total. The molecule has 0 aliphatic carbocycles. The Bertz CT molecular complexity index is 4410. The molecule has 0 radical (unpaired) electrons. The van der Waals surface area contributed by atoms with Crippen molar-refractivity contribution >= 4 is 104 Å². The minimum Gasteiger partial charge on any atom is -0.494 e. The van der Waals surface area contributed by atoms with Gasteiger partial charge in [0.25, 0.3) is 0 Å². The van der Waals surface area contributed by atoms with Crippen LogP contribution in [0.1, 0.15) is 185 Å². The van der Waals surface area contributed by atoms with Crippen LogP contribution in [0.3, 0.4) is 0 Å². The lowest BCUT2D eigenvalue weighted by Gasteiger charge is -2.18. The molecule has 9 rings (SSSR count). The quantitative estimate of drug-likeness (QED) is 0.0113. The summed E-state index contributed by atoms with van der Waals surface area (Å²) in [5.41, 5.74) is -0.220. The Morgan fingerprint density at radius 1 is 0.305 bits per heavy atom. The summed E-state index contributed by atoms with van der Waals surface area (Å²) in [6, 6.07) is 37.3. The predicted molar refractivity (Wildman–Crippen MR) is 396 cm³/mol. The average Bonchev–Trinajstić information content (AvgIpc) is 0.824. The molecule has 0 aliphatic heterocycles. The third-order valence-corrected chi connectivity index (χ3v) is 17.9. The van der Waals surface area contributed by atoms with E-state index in [2.05, 4.69) is 0 Å². The van der Waals surface area contributed by atoms with Crippen LogP contribution >= 0.6 is 34.8 Å². The van der Waals surface area contributed by atoms with E-state index in [-0.39, 0.29) is 98.2 Å². The summed E-state index contributed by atoms with van der Waals surface area (Å²) in [7, 11) is 0. The Morgan fingerprint density at radius 2 is 0.571 bits per heavy atom. The van der Waals surface area contributed by atoms with Crippen molar-refractivity contribution in [2.24, 2.45) is 0 Å². The molecule has 3 aromatic heterocycles. The van der Waals surface area contributed by atoms with E-state index in [1.807, 2.05) is 0 Å². The van der Waals surface area contributed by atoms with E-state index >= 15 is 0 Å². The Hall–Kier alpha value is -9.96. The standard InChI is InChI=1S/C81H83Cl3O21/c82-67-46-57(34-37-64(67)79(91)100-60-31-25-54-28-40-76(88)103-70(54)49-60)94-43-19-13-7-1-4-10-16-22-73(85)97-52-63(99-75(87)24-18-12-6-3-9-15-21-45-96-59-36-39-66(69(84)48-59)81(93)102-62-33-27-56-30-42-78(90)105-72(56)51-62)53-98-74(86)23-17-11-5-2-8-14-20-44-95-58-35-38-65(68(83)47-58)80(92)101-61-32-26-55-29-41-77(89)104-71(55)50-61/h25-42,46-51,63H,1-24,43-45,52-53H2. The molecule has 0 bridgehead atoms. The second kappa shape index (κ2) is 42.1. The Balaban J connectivity index is 0.617. The fourth-order valence-electron chi connectivity index (χ4n) is 11.3. The van der Waals surface area contributed by atoms with Crippen molar-refractivity contribution in [2.75, 3.05) is 33.0 Å². The molecule has 3 heterocycles. The first kappa shape index (κ1) is 79.2. The topological polar surface area (TPSA) is 276 Å². The fraction of sp³-hybridized carbons (Fsp3) is 0.370. The number of hydrogen-bond donors (Lipinski definition) is 0. The lowest BCUT2D eigenvalue weighted by atomic mass is 10.1. The number of carbonyl (C=O) groups is 6. The van der Waals surface area contributed by atoms with Crippen LogP contribution < -0.4 is 45.3 Å². The molecule has 0 aliphatic rings. The van der Waals surface area contributed by atoms with Gasteiger partial charge < -0.3 is 55.9 Å². The van der Waals surface area contributed by atoms with Gasteiger partial charge in [0, 0.05) is 71.8 Å². The van der Waals surface area contributed by atoms with Crippen molar-refractivity contribution in [2.45, 2.75) is 160 Å². The third-order valence-electron chi connectivity index (χ3n) is 16.9. The smallest absolute Gasteiger partial charge is 0.345 e. The van der Waals surface area contributed by atoms with Crippen LogP contribution in [0.2, 0.25) is 15.1 Å². The van der Waals surface area contributed by atoms with Crippen LogP contribution in [0.15, 0.2) is 173 Å². The molecule has 105 heavy (non-hydrogen) atoms. The molecule has 0 spiro atoms. The minimum atomic E-state index is -0.967. The highest BCUT2D eigenvalue weighted by atomic mass is 35.5. The van der Waals surface area contributed by atoms with E-state index in [0.717, 1.165) is 116 Å². The summed E-state index contributed by atoms with van der Waals surface area (Å²) in [5, 5.41) is 2.55. The summed E-state index contributed by atoms with van der Waals surface area (Å²) >= 11 is 19.3. The number of unbranched alkanes of at least 4 members (excludes halogenated alkanes) is 18. The first-order valence-electron chi connectivity index (χ1n) is 35.5. The van der Waals surface area contributed by atoms with Gasteiger partial charge in [-0.3, -0.25) is 14.4 Å². The SMILES string of the molecule is O=C(CCCCCCCCCOc1ccc(C(=O)Oc2ccc3ccc(=O)oc3c2)c(Cl)c1)OCC(COC(=O)CCCCCCCCCOc1ccc(C(=O)Oc2ccc3ccc(=O)oc3c2)c(Cl)c1)OC(=O)CCCCCCCCCOc1ccc(C(=O)Oc2ccc3ccc(=O)oc3c2)c(Cl)c1. The van der Waals surface area contributed by atoms with Crippen LogP contribution in [0.25, 0.3) is 32.9 Å². The normalized spacial score (nSPS) is 11.2. The maximum absolute atomic E-state index is 13.1. The van der Waals surface area contributed by atoms with Crippen molar-refractivity contribution in [1.82, 2.24) is 0 Å². The maximum atomic E-state index is 13.1. The van der Waals surface area contributed by atoms with Gasteiger partial charge in [-0.2, -0.15) is 0 Å². The molecular formula is C81H83Cl3O21. The molecule has 0 amide bonds. The molecule has 0 fully saturated rings. The van der Waals surface area contributed by atoms with E-state index in [1.54, 1.807) is 91.0 Å². The summed E-state index contributed by atoms with van der Waals surface area (Å²) in [6.45, 7) is 0.867. The zero-order valence-electron chi connectivity index (χ0n) is 58.1. The van der Waals surface area contributed by atoms with Gasteiger partial charge in [0.05, 0.1) is 51.6 Å². The molecule has 6 aromatic carbocycles. The van der Waals surface area contributed by atoms with Gasteiger partial charge in [0.2, 0.25) is 0 Å². The van der Waals surface area contributed by atoms with E-state index in [1.165, 1.54) is 54.6 Å². The van der Waals surface area contributed by atoms with Crippen LogP contribution in [-0.4, -0.2) is 75.0 Å². The van der Waals surface area contributed by atoms with Gasteiger partial charge >= 0.3 is 52.7 Å². The van der Waals surface area contributed by atoms with Crippen molar-refractivity contribution < 1.29 is 84.7 Å². The van der Waals surface area contributed by atoms with E-state index in [0.29, 0.717) is 72.5 Å². The first-order chi connectivity index (χ1) is 51.0. The molecule has 0 unspecified atom stereocenters. The predicted octanol–water partition coefficient (Wildman–Crippen LogP) is 18.5. The zero-order valence-corrected chi connectivity index (χ0v) is 60.4. The fourth-order valence-corrected chi connectivity index (χ4v) is 12.0. The van der Waals surface area contributed by atoms with Gasteiger partial charge in [0.15, 0.2) is 6.10 Å². The van der Waals surface area contributed by atoms with Crippen molar-refractivity contribution in [1.29, 1.82) is 0 Å². The zero-order chi connectivity index (χ0) is 74.1. The van der Waals surface area contributed by atoms with E-state index in [9.17, 15) is 43.2 Å². The highest BCUT2D eigenvalue weighted by Crippen LogP contribution is 2.31. The first-order valence-corrected chi connectivity index (χ1v) is 36.7. The number of benzene rings is 6. The lowest BCUT2D eigenvalue weighted by molar-refractivity contribution is -0.167. The molecule has 0 saturated carbocycles. The van der Waals surface area contributed by atoms with Crippen LogP contribution in [0, 0.1) is 0 Å².